The molecule has 0 radical (unpaired) electrons. The van der Waals surface area contributed by atoms with Gasteiger partial charge in [0, 0.05) is 5.69 Å². The summed E-state index contributed by atoms with van der Waals surface area (Å²) in [5, 5.41) is 0. The molecule has 0 saturated carbocycles. The Balaban J connectivity index is 2.61. The van der Waals surface area contributed by atoms with E-state index >= 15 is 0 Å². The lowest BCUT2D eigenvalue weighted by molar-refractivity contribution is -0.137. The van der Waals surface area contributed by atoms with Gasteiger partial charge >= 0.3 is 6.18 Å². The monoisotopic (exact) mass is 319 g/mol. The Labute approximate surface area is 117 Å². The van der Waals surface area contributed by atoms with Crippen molar-refractivity contribution in [2.75, 3.05) is 5.73 Å². The van der Waals surface area contributed by atoms with Crippen molar-refractivity contribution < 1.29 is 26.0 Å². The molecule has 0 heterocycles. The number of nitrogens with two attached hydrogens (primary N) is 1. The van der Waals surface area contributed by atoms with Crippen molar-refractivity contribution in [3.05, 3.63) is 53.8 Å². The second-order valence-corrected chi connectivity index (χ2v) is 6.16. The first kappa shape index (κ1) is 15.3. The highest BCUT2D eigenvalue weighted by Gasteiger charge is 2.34. The molecule has 2 rings (SSSR count). The number of hydrogen-bond acceptors (Lipinski definition) is 3. The van der Waals surface area contributed by atoms with E-state index in [0.717, 1.165) is 36.4 Å². The van der Waals surface area contributed by atoms with Gasteiger partial charge in [-0.15, -0.1) is 0 Å². The molecule has 21 heavy (non-hydrogen) atoms. The van der Waals surface area contributed by atoms with Crippen LogP contribution in [0, 0.1) is 5.82 Å². The lowest BCUT2D eigenvalue weighted by Gasteiger charge is -2.12. The van der Waals surface area contributed by atoms with Crippen molar-refractivity contribution >= 4 is 15.5 Å². The average Bonchev–Trinajstić information content (AvgIpc) is 2.37. The van der Waals surface area contributed by atoms with Crippen molar-refractivity contribution in [2.45, 2.75) is 16.0 Å². The summed E-state index contributed by atoms with van der Waals surface area (Å²) in [5.74, 6) is -0.803. The molecule has 0 saturated heterocycles. The van der Waals surface area contributed by atoms with Crippen LogP contribution in [0.25, 0.3) is 0 Å². The third kappa shape index (κ3) is 2.99. The van der Waals surface area contributed by atoms with Crippen LogP contribution in [0.4, 0.5) is 23.2 Å². The summed E-state index contributed by atoms with van der Waals surface area (Å²) in [5.41, 5.74) is 3.37. The normalized spacial score (nSPS) is 12.4. The predicted octanol–water partition coefficient (Wildman–Crippen LogP) is 3.26. The first-order valence-electron chi connectivity index (χ1n) is 5.60. The number of anilines is 1. The van der Waals surface area contributed by atoms with Crippen LogP contribution in [0.2, 0.25) is 0 Å². The molecule has 8 heteroatoms. The van der Waals surface area contributed by atoms with Crippen LogP contribution in [-0.4, -0.2) is 8.42 Å². The van der Waals surface area contributed by atoms with Gasteiger partial charge in [0.05, 0.1) is 15.4 Å². The Hall–Kier alpha value is -2.09. The Morgan fingerprint density at radius 2 is 1.57 bits per heavy atom. The van der Waals surface area contributed by atoms with Crippen molar-refractivity contribution in [3.8, 4) is 0 Å². The van der Waals surface area contributed by atoms with Crippen molar-refractivity contribution in [1.82, 2.24) is 0 Å². The topological polar surface area (TPSA) is 60.2 Å². The Morgan fingerprint density at radius 1 is 0.952 bits per heavy atom. The minimum atomic E-state index is -4.78. The van der Waals surface area contributed by atoms with Crippen LogP contribution in [0.15, 0.2) is 52.3 Å². The van der Waals surface area contributed by atoms with Gasteiger partial charge in [-0.25, -0.2) is 12.8 Å². The summed E-state index contributed by atoms with van der Waals surface area (Å²) in [4.78, 5) is -1.03. The third-order valence-electron chi connectivity index (χ3n) is 2.75. The average molecular weight is 319 g/mol. The van der Waals surface area contributed by atoms with E-state index < -0.39 is 42.9 Å². The van der Waals surface area contributed by atoms with E-state index in [0.29, 0.717) is 6.07 Å². The zero-order chi connectivity index (χ0) is 15.8. The first-order valence-corrected chi connectivity index (χ1v) is 7.08. The smallest absolute Gasteiger partial charge is 0.398 e. The minimum absolute atomic E-state index is 0.430. The fourth-order valence-corrected chi connectivity index (χ4v) is 3.04. The molecule has 0 amide bonds. The van der Waals surface area contributed by atoms with E-state index in [1.807, 2.05) is 0 Å². The molecule has 0 aromatic heterocycles. The largest absolute Gasteiger partial charge is 0.418 e. The zero-order valence-electron chi connectivity index (χ0n) is 10.4. The fraction of sp³-hybridized carbons (Fsp3) is 0.0769. The maximum absolute atomic E-state index is 13.1. The van der Waals surface area contributed by atoms with Gasteiger partial charge in [0.25, 0.3) is 0 Å². The number of nitrogen functional groups attached to an aromatic ring is 1. The van der Waals surface area contributed by atoms with Crippen LogP contribution in [0.5, 0.6) is 0 Å². The summed E-state index contributed by atoms with van der Waals surface area (Å²) in [7, 11) is -4.26. The van der Waals surface area contributed by atoms with Gasteiger partial charge in [0.15, 0.2) is 0 Å². The van der Waals surface area contributed by atoms with Gasteiger partial charge in [-0.1, -0.05) is 6.07 Å². The number of hydrogen-bond donors (Lipinski definition) is 1. The minimum Gasteiger partial charge on any atom is -0.398 e. The molecule has 0 fully saturated rings. The van der Waals surface area contributed by atoms with Gasteiger partial charge < -0.3 is 5.73 Å². The van der Waals surface area contributed by atoms with Crippen LogP contribution < -0.4 is 5.73 Å². The molecule has 2 N–H and O–H groups in total. The van der Waals surface area contributed by atoms with Gasteiger partial charge in [-0.05, 0) is 36.4 Å². The molecule has 0 spiro atoms. The maximum atomic E-state index is 13.1. The zero-order valence-corrected chi connectivity index (χ0v) is 11.2. The van der Waals surface area contributed by atoms with E-state index in [4.69, 9.17) is 5.73 Å². The maximum Gasteiger partial charge on any atom is 0.418 e. The molecule has 0 aliphatic carbocycles. The van der Waals surface area contributed by atoms with Gasteiger partial charge in [0.1, 0.15) is 5.82 Å². The van der Waals surface area contributed by atoms with E-state index in [2.05, 4.69) is 0 Å². The molecule has 0 aliphatic heterocycles. The molecule has 2 aromatic carbocycles. The molecule has 0 atom stereocenters. The highest BCUT2D eigenvalue weighted by atomic mass is 32.2. The lowest BCUT2D eigenvalue weighted by atomic mass is 10.2. The van der Waals surface area contributed by atoms with Gasteiger partial charge in [-0.3, -0.25) is 0 Å². The molecule has 112 valence electrons. The summed E-state index contributed by atoms with van der Waals surface area (Å²) in [6.45, 7) is 0. The molecular weight excluding hydrogens is 310 g/mol. The van der Waals surface area contributed by atoms with E-state index in [1.165, 1.54) is 0 Å². The summed E-state index contributed by atoms with van der Waals surface area (Å²) in [6, 6.07) is 6.27. The Bertz CT molecular complexity index is 785. The second kappa shape index (κ2) is 5.03. The molecule has 0 aliphatic rings. The number of halogens is 4. The SMILES string of the molecule is Nc1ccc(S(=O)(=O)c2cccc(F)c2)cc1C(F)(F)F. The van der Waals surface area contributed by atoms with Crippen LogP contribution in [0.1, 0.15) is 5.56 Å². The summed E-state index contributed by atoms with van der Waals surface area (Å²) >= 11 is 0. The van der Waals surface area contributed by atoms with Crippen molar-refractivity contribution in [1.29, 1.82) is 0 Å². The standard InChI is InChI=1S/C13H9F4NO2S/c14-8-2-1-3-9(6-8)21(19,20)10-4-5-12(18)11(7-10)13(15,16)17/h1-7H,18H2. The summed E-state index contributed by atoms with van der Waals surface area (Å²) in [6.07, 6.45) is -4.78. The quantitative estimate of drug-likeness (QED) is 0.683. The highest BCUT2D eigenvalue weighted by Crippen LogP contribution is 2.35. The lowest BCUT2D eigenvalue weighted by Crippen LogP contribution is -2.11. The van der Waals surface area contributed by atoms with Crippen molar-refractivity contribution in [2.24, 2.45) is 0 Å². The number of benzene rings is 2. The molecular formula is C13H9F4NO2S. The van der Waals surface area contributed by atoms with Crippen LogP contribution in [0.3, 0.4) is 0 Å². The Kier molecular flexibility index (Phi) is 3.66. The second-order valence-electron chi connectivity index (χ2n) is 4.21. The van der Waals surface area contributed by atoms with E-state index in [1.54, 1.807) is 0 Å². The van der Waals surface area contributed by atoms with E-state index in [9.17, 15) is 26.0 Å². The highest BCUT2D eigenvalue weighted by molar-refractivity contribution is 7.91. The van der Waals surface area contributed by atoms with Gasteiger partial charge in [-0.2, -0.15) is 13.2 Å². The summed E-state index contributed by atoms with van der Waals surface area (Å²) < 4.78 is 75.7. The van der Waals surface area contributed by atoms with E-state index in [-0.39, 0.29) is 0 Å². The molecule has 0 unspecified atom stereocenters. The number of rotatable bonds is 2. The van der Waals surface area contributed by atoms with Gasteiger partial charge in [0.2, 0.25) is 9.84 Å². The molecule has 3 nitrogen and oxygen atoms in total. The molecule has 2 aromatic rings. The first-order chi connectivity index (χ1) is 9.62. The van der Waals surface area contributed by atoms with Crippen LogP contribution in [-0.2, 0) is 16.0 Å². The number of sulfone groups is 1. The van der Waals surface area contributed by atoms with Crippen molar-refractivity contribution in [3.63, 3.8) is 0 Å². The molecule has 0 bridgehead atoms. The third-order valence-corrected chi connectivity index (χ3v) is 4.50. The number of alkyl halides is 3. The predicted molar refractivity (Wildman–Crippen MR) is 67.7 cm³/mol. The van der Waals surface area contributed by atoms with Crippen LogP contribution >= 0.6 is 0 Å². The fourth-order valence-electron chi connectivity index (χ4n) is 1.72. The Morgan fingerprint density at radius 3 is 2.14 bits per heavy atom.